The maximum absolute atomic E-state index is 10.1. The minimum atomic E-state index is -3.42. The summed E-state index contributed by atoms with van der Waals surface area (Å²) in [6, 6.07) is 10.0. The van der Waals surface area contributed by atoms with Crippen molar-refractivity contribution in [3.8, 4) is 0 Å². The minimum Gasteiger partial charge on any atom is -0.382 e. The second-order valence-corrected chi connectivity index (χ2v) is 9.70. The lowest BCUT2D eigenvalue weighted by molar-refractivity contribution is -0.0648. The summed E-state index contributed by atoms with van der Waals surface area (Å²) in [5.41, 5.74) is 8.21. The van der Waals surface area contributed by atoms with Gasteiger partial charge in [-0.2, -0.15) is 9.05 Å². The normalized spacial score (nSPS) is 30.5. The van der Waals surface area contributed by atoms with E-state index in [1.54, 1.807) is 7.11 Å². The van der Waals surface area contributed by atoms with Gasteiger partial charge in [0.1, 0.15) is 25.1 Å². The molecule has 2 fully saturated rings. The van der Waals surface area contributed by atoms with Crippen LogP contribution in [0.15, 0.2) is 41.8 Å². The first-order valence-electron chi connectivity index (χ1n) is 9.53. The molecule has 0 saturated carbocycles. The van der Waals surface area contributed by atoms with Crippen LogP contribution in [0.25, 0.3) is 11.2 Å². The summed E-state index contributed by atoms with van der Waals surface area (Å²) in [4.78, 5) is 23.2. The molecule has 13 heteroatoms. The third-order valence-electron chi connectivity index (χ3n) is 5.19. The van der Waals surface area contributed by atoms with Gasteiger partial charge in [0.05, 0.1) is 0 Å². The third-order valence-corrected chi connectivity index (χ3v) is 7.28. The summed E-state index contributed by atoms with van der Waals surface area (Å²) < 4.78 is 24.6. The van der Waals surface area contributed by atoms with Crippen LogP contribution >= 0.6 is 19.6 Å². The molecule has 3 aromatic rings. The number of nitrogens with zero attached hydrogens (tertiary/aromatic N) is 4. The van der Waals surface area contributed by atoms with Gasteiger partial charge in [-0.3, -0.25) is 4.57 Å². The fourth-order valence-electron chi connectivity index (χ4n) is 3.77. The molecule has 0 spiro atoms. The fraction of sp³-hybridized carbons (Fsp3) is 0.389. The van der Waals surface area contributed by atoms with Gasteiger partial charge in [0, 0.05) is 12.9 Å². The molecule has 0 aliphatic carbocycles. The number of hydrogen-bond donors (Lipinski definition) is 2. The van der Waals surface area contributed by atoms with Gasteiger partial charge in [-0.1, -0.05) is 42.1 Å². The first-order valence-corrected chi connectivity index (χ1v) is 12.2. The highest BCUT2D eigenvalue weighted by Crippen LogP contribution is 2.59. The Morgan fingerprint density at radius 1 is 1.35 bits per heavy atom. The predicted octanol–water partition coefficient (Wildman–Crippen LogP) is 1.87. The van der Waals surface area contributed by atoms with Crippen molar-refractivity contribution in [1.29, 1.82) is 0 Å². The Balaban J connectivity index is 1.54. The monoisotopic (exact) mass is 460 g/mol. The van der Waals surface area contributed by atoms with Gasteiger partial charge in [0.15, 0.2) is 34.5 Å². The number of thioether (sulfide) groups is 1. The molecule has 160 valence electrons. The van der Waals surface area contributed by atoms with Crippen LogP contribution in [-0.4, -0.2) is 64.0 Å². The molecule has 10 nitrogen and oxygen atoms in total. The molecule has 0 bridgehead atoms. The standard InChI is InChI=1S/C18H20BN5O5PS/c1-26-14-13-11(7-27-30(19,25)29-13)28-17(14)24-16-12(15(20)21-9-22-16)23-18(24)31-8-10-5-3-2-4-6-10/h2-6,9,11,13-14,17,25H,7-8H2,1H3,(H2,20,21,22)/q+1/t11-,13-,14-,17+,30?/m1/s1. The Kier molecular flexibility index (Phi) is 5.64. The Morgan fingerprint density at radius 2 is 2.16 bits per heavy atom. The summed E-state index contributed by atoms with van der Waals surface area (Å²) in [5.74, 6) is 0.958. The predicted molar refractivity (Wildman–Crippen MR) is 116 cm³/mol. The number of fused-ring (bicyclic) bond motifs is 2. The van der Waals surface area contributed by atoms with Crippen molar-refractivity contribution >= 4 is 44.1 Å². The first kappa shape index (κ1) is 21.1. The van der Waals surface area contributed by atoms with Gasteiger partial charge in [-0.05, 0) is 5.56 Å². The zero-order chi connectivity index (χ0) is 21.6. The molecule has 2 saturated heterocycles. The van der Waals surface area contributed by atoms with Crippen molar-refractivity contribution in [2.45, 2.75) is 35.4 Å². The van der Waals surface area contributed by atoms with Crippen LogP contribution in [0, 0.1) is 0 Å². The number of nitrogen functional groups attached to an aromatic ring is 1. The third kappa shape index (κ3) is 3.93. The van der Waals surface area contributed by atoms with Gasteiger partial charge >= 0.3 is 15.4 Å². The van der Waals surface area contributed by atoms with E-state index in [0.717, 1.165) is 5.56 Å². The van der Waals surface area contributed by atoms with Gasteiger partial charge in [0.2, 0.25) is 0 Å². The number of benzene rings is 1. The first-order chi connectivity index (χ1) is 15.0. The van der Waals surface area contributed by atoms with Crippen LogP contribution in [0.1, 0.15) is 11.8 Å². The van der Waals surface area contributed by atoms with E-state index in [1.807, 2.05) is 34.9 Å². The Hall–Kier alpha value is -1.79. The van der Waals surface area contributed by atoms with E-state index >= 15 is 0 Å². The summed E-state index contributed by atoms with van der Waals surface area (Å²) in [7, 11) is 3.85. The highest BCUT2D eigenvalue weighted by Gasteiger charge is 2.58. The molecule has 31 heavy (non-hydrogen) atoms. The molecule has 2 aliphatic rings. The van der Waals surface area contributed by atoms with E-state index in [1.165, 1.54) is 18.1 Å². The number of ether oxygens (including phenoxy) is 2. The maximum atomic E-state index is 10.1. The number of rotatable bonds is 5. The second kappa shape index (κ2) is 8.29. The van der Waals surface area contributed by atoms with Crippen LogP contribution < -0.4 is 5.73 Å². The summed E-state index contributed by atoms with van der Waals surface area (Å²) in [5, 5.41) is 0.649. The quantitative estimate of drug-likeness (QED) is 0.331. The Bertz CT molecular complexity index is 1090. The molecule has 0 amide bonds. The van der Waals surface area contributed by atoms with Crippen molar-refractivity contribution in [1.82, 2.24) is 19.5 Å². The molecule has 2 aliphatic heterocycles. The van der Waals surface area contributed by atoms with Crippen LogP contribution in [0.4, 0.5) is 5.82 Å². The van der Waals surface area contributed by atoms with Crippen molar-refractivity contribution < 1.29 is 23.4 Å². The van der Waals surface area contributed by atoms with Crippen molar-refractivity contribution in [3.63, 3.8) is 0 Å². The molecule has 5 atom stereocenters. The SMILES string of the molecule is [B][P+]1(O)OC[C@H]2O[C@H](n3c(SCc4ccccc4)nc4c(N)ncnc43)[C@H](OC)[C@@H]2O1. The van der Waals surface area contributed by atoms with Gasteiger partial charge in [0.25, 0.3) is 0 Å². The van der Waals surface area contributed by atoms with Crippen LogP contribution in [-0.2, 0) is 24.3 Å². The summed E-state index contributed by atoms with van der Waals surface area (Å²) >= 11 is 1.52. The smallest absolute Gasteiger partial charge is 0.382 e. The molecule has 3 N–H and O–H groups in total. The number of imidazole rings is 1. The Morgan fingerprint density at radius 3 is 2.94 bits per heavy atom. The molecule has 1 aromatic carbocycles. The van der Waals surface area contributed by atoms with Gasteiger partial charge in [-0.25, -0.2) is 19.8 Å². The van der Waals surface area contributed by atoms with E-state index in [2.05, 4.69) is 15.0 Å². The van der Waals surface area contributed by atoms with Crippen LogP contribution in [0.5, 0.6) is 0 Å². The molecular formula is C18H20BN5O5PS+. The van der Waals surface area contributed by atoms with E-state index < -0.39 is 32.4 Å². The lowest BCUT2D eigenvalue weighted by atomic mass is 10.1. The molecule has 2 aromatic heterocycles. The largest absolute Gasteiger partial charge is 0.488 e. The summed E-state index contributed by atoms with van der Waals surface area (Å²) in [6.07, 6.45) is -0.902. The topological polar surface area (TPSA) is 127 Å². The van der Waals surface area contributed by atoms with Gasteiger partial charge in [-0.15, -0.1) is 0 Å². The van der Waals surface area contributed by atoms with E-state index in [-0.39, 0.29) is 12.4 Å². The van der Waals surface area contributed by atoms with Gasteiger partial charge < -0.3 is 15.2 Å². The van der Waals surface area contributed by atoms with Crippen molar-refractivity contribution in [2.75, 3.05) is 19.5 Å². The van der Waals surface area contributed by atoms with Crippen molar-refractivity contribution in [3.05, 3.63) is 42.2 Å². The van der Waals surface area contributed by atoms with E-state index in [0.29, 0.717) is 22.1 Å². The lowest BCUT2D eigenvalue weighted by Crippen LogP contribution is -2.41. The maximum Gasteiger partial charge on any atom is 0.488 e. The highest BCUT2D eigenvalue weighted by atomic mass is 32.2. The summed E-state index contributed by atoms with van der Waals surface area (Å²) in [6.45, 7) is 0.0953. The Labute approximate surface area is 184 Å². The molecule has 1 unspecified atom stereocenters. The average Bonchev–Trinajstić information content (AvgIpc) is 3.30. The number of hydrogen-bond acceptors (Lipinski definition) is 10. The average molecular weight is 460 g/mol. The number of nitrogens with two attached hydrogens (primary N) is 1. The zero-order valence-electron chi connectivity index (χ0n) is 16.6. The van der Waals surface area contributed by atoms with E-state index in [9.17, 15) is 4.89 Å². The molecule has 2 radical (unpaired) electrons. The van der Waals surface area contributed by atoms with Crippen LogP contribution in [0.3, 0.4) is 0 Å². The fourth-order valence-corrected chi connectivity index (χ4v) is 5.77. The van der Waals surface area contributed by atoms with Crippen LogP contribution in [0.2, 0.25) is 0 Å². The minimum absolute atomic E-state index is 0.0953. The molecule has 4 heterocycles. The number of aromatic nitrogens is 4. The second-order valence-electron chi connectivity index (χ2n) is 7.17. The molecular weight excluding hydrogens is 440 g/mol. The van der Waals surface area contributed by atoms with E-state index in [4.69, 9.17) is 31.8 Å². The molecule has 5 rings (SSSR count). The van der Waals surface area contributed by atoms with Crippen molar-refractivity contribution in [2.24, 2.45) is 0 Å². The highest BCUT2D eigenvalue weighted by molar-refractivity contribution is 7.98. The number of methoxy groups -OCH3 is 1. The number of anilines is 1. The zero-order valence-corrected chi connectivity index (χ0v) is 18.3. The lowest BCUT2D eigenvalue weighted by Gasteiger charge is -2.29.